The van der Waals surface area contributed by atoms with E-state index >= 15 is 0 Å². The Labute approximate surface area is 210 Å². The molecule has 2 heterocycles. The van der Waals surface area contributed by atoms with E-state index in [1.54, 1.807) is 0 Å². The first-order valence-electron chi connectivity index (χ1n) is 10.3. The second-order valence-electron chi connectivity index (χ2n) is 7.57. The number of rotatable bonds is 5. The number of hydrogen-bond acceptors (Lipinski definition) is 4. The first kappa shape index (κ1) is 25.9. The van der Waals surface area contributed by atoms with E-state index in [4.69, 9.17) is 17.3 Å². The minimum absolute atomic E-state index is 0.0964. The predicted octanol–water partition coefficient (Wildman–Crippen LogP) is 6.18. The lowest BCUT2D eigenvalue weighted by molar-refractivity contribution is -0.137. The van der Waals surface area contributed by atoms with Crippen LogP contribution >= 0.6 is 11.6 Å². The van der Waals surface area contributed by atoms with Crippen LogP contribution in [0.5, 0.6) is 0 Å². The van der Waals surface area contributed by atoms with Crippen molar-refractivity contribution in [2.45, 2.75) is 12.4 Å². The average molecular weight is 538 g/mol. The molecule has 2 aromatic carbocycles. The molecule has 0 bridgehead atoms. The van der Waals surface area contributed by atoms with Gasteiger partial charge in [0.2, 0.25) is 0 Å². The molecule has 190 valence electrons. The third-order valence-electron chi connectivity index (χ3n) is 5.13. The van der Waals surface area contributed by atoms with Crippen molar-refractivity contribution in [1.29, 1.82) is 0 Å². The van der Waals surface area contributed by atoms with E-state index in [0.717, 1.165) is 47.3 Å². The van der Waals surface area contributed by atoms with Crippen molar-refractivity contribution in [2.75, 3.05) is 0 Å². The van der Waals surface area contributed by atoms with E-state index in [1.807, 2.05) is 0 Å². The number of nitrogens with two attached hydrogens (primary N) is 1. The van der Waals surface area contributed by atoms with Crippen LogP contribution in [0, 0.1) is 0 Å². The van der Waals surface area contributed by atoms with E-state index in [9.17, 15) is 31.1 Å². The molecule has 6 nitrogen and oxygen atoms in total. The average Bonchev–Trinajstić information content (AvgIpc) is 3.26. The molecule has 0 spiro atoms. The number of nitrogens with zero attached hydrogens (tertiary/aromatic N) is 4. The highest BCUT2D eigenvalue weighted by molar-refractivity contribution is 6.29. The molecule has 37 heavy (non-hydrogen) atoms. The second-order valence-corrected chi connectivity index (χ2v) is 7.95. The number of alkyl halides is 6. The molecule has 0 atom stereocenters. The van der Waals surface area contributed by atoms with Crippen molar-refractivity contribution in [3.05, 3.63) is 88.7 Å². The quantitative estimate of drug-likeness (QED) is 0.187. The minimum Gasteiger partial charge on any atom is -0.366 e. The molecule has 4 rings (SSSR count). The Bertz CT molecular complexity index is 1490. The molecule has 0 saturated heterocycles. The van der Waals surface area contributed by atoms with Crippen LogP contribution in [-0.4, -0.2) is 25.7 Å². The summed E-state index contributed by atoms with van der Waals surface area (Å²) < 4.78 is 83.1. The zero-order valence-electron chi connectivity index (χ0n) is 18.3. The molecule has 2 N–H and O–H groups in total. The molecule has 0 radical (unpaired) electrons. The number of aromatic nitrogens is 4. The lowest BCUT2D eigenvalue weighted by Gasteiger charge is -2.12. The fourth-order valence-corrected chi connectivity index (χ4v) is 3.61. The van der Waals surface area contributed by atoms with Gasteiger partial charge in [0.05, 0.1) is 16.7 Å². The first-order valence-corrected chi connectivity index (χ1v) is 10.7. The Hall–Kier alpha value is -4.19. The van der Waals surface area contributed by atoms with Crippen LogP contribution in [0.25, 0.3) is 34.5 Å². The molecular formula is C24H14ClF6N5O. The maximum absolute atomic E-state index is 13.8. The molecule has 13 heteroatoms. The summed E-state index contributed by atoms with van der Waals surface area (Å²) in [6.07, 6.45) is -7.45. The van der Waals surface area contributed by atoms with Crippen LogP contribution in [0.4, 0.5) is 26.3 Å². The molecule has 2 aromatic heterocycles. The SMILES string of the molecule is NC(=O)/C(=C/n1nc(-c2ccccc2C(F)(F)F)nc1-c1ccccc1C(F)(F)F)c1ccc(Cl)nc1. The fourth-order valence-electron chi connectivity index (χ4n) is 3.50. The largest absolute Gasteiger partial charge is 0.417 e. The van der Waals surface area contributed by atoms with Crippen LogP contribution in [0.3, 0.4) is 0 Å². The maximum Gasteiger partial charge on any atom is 0.417 e. The van der Waals surface area contributed by atoms with Gasteiger partial charge in [-0.1, -0.05) is 48.0 Å². The predicted molar refractivity (Wildman–Crippen MR) is 124 cm³/mol. The lowest BCUT2D eigenvalue weighted by Crippen LogP contribution is -2.14. The van der Waals surface area contributed by atoms with Gasteiger partial charge >= 0.3 is 12.4 Å². The van der Waals surface area contributed by atoms with Crippen molar-refractivity contribution in [2.24, 2.45) is 5.73 Å². The molecule has 4 aromatic rings. The maximum atomic E-state index is 13.8. The first-order chi connectivity index (χ1) is 17.4. The number of hydrogen-bond donors (Lipinski definition) is 1. The summed E-state index contributed by atoms with van der Waals surface area (Å²) in [5.74, 6) is -2.00. The van der Waals surface area contributed by atoms with Gasteiger partial charge in [0.25, 0.3) is 5.91 Å². The van der Waals surface area contributed by atoms with E-state index in [2.05, 4.69) is 15.1 Å². The number of carbonyl (C=O) groups is 1. The monoisotopic (exact) mass is 537 g/mol. The van der Waals surface area contributed by atoms with Gasteiger partial charge in [0.15, 0.2) is 11.6 Å². The molecule has 0 saturated carbocycles. The summed E-state index contributed by atoms with van der Waals surface area (Å²) >= 11 is 5.77. The summed E-state index contributed by atoms with van der Waals surface area (Å²) in [6.45, 7) is 0. The summed E-state index contributed by atoms with van der Waals surface area (Å²) in [5, 5.41) is 4.12. The third kappa shape index (κ3) is 5.48. The number of benzene rings is 2. The summed E-state index contributed by atoms with van der Waals surface area (Å²) in [6, 6.07) is 11.4. The smallest absolute Gasteiger partial charge is 0.366 e. The Kier molecular flexibility index (Phi) is 6.78. The Morgan fingerprint density at radius 1 is 0.865 bits per heavy atom. The van der Waals surface area contributed by atoms with Crippen molar-refractivity contribution in [3.8, 4) is 22.8 Å². The van der Waals surface area contributed by atoms with Crippen LogP contribution in [0.1, 0.15) is 16.7 Å². The second kappa shape index (κ2) is 9.69. The molecule has 1 amide bonds. The van der Waals surface area contributed by atoms with Crippen molar-refractivity contribution in [3.63, 3.8) is 0 Å². The van der Waals surface area contributed by atoms with Gasteiger partial charge in [-0.15, -0.1) is 5.10 Å². The van der Waals surface area contributed by atoms with Gasteiger partial charge in [-0.2, -0.15) is 26.3 Å². The van der Waals surface area contributed by atoms with Gasteiger partial charge in [-0.05, 0) is 24.3 Å². The standard InChI is InChI=1S/C24H14ClF6N5O/c25-19-10-9-13(11-33-19)16(20(32)37)12-36-22(15-6-2-4-8-18(15)24(29,30)31)34-21(35-36)14-5-1-3-7-17(14)23(26,27)28/h1-12H,(H2,32,37)/b16-12+. The molecule has 0 fully saturated rings. The molecular weight excluding hydrogens is 524 g/mol. The normalized spacial score (nSPS) is 12.6. The number of halogens is 7. The highest BCUT2D eigenvalue weighted by Crippen LogP contribution is 2.39. The third-order valence-corrected chi connectivity index (χ3v) is 5.36. The lowest BCUT2D eigenvalue weighted by atomic mass is 10.1. The fraction of sp³-hybridized carbons (Fsp3) is 0.0833. The zero-order chi connectivity index (χ0) is 27.0. The van der Waals surface area contributed by atoms with Crippen molar-refractivity contribution >= 4 is 29.3 Å². The highest BCUT2D eigenvalue weighted by atomic mass is 35.5. The topological polar surface area (TPSA) is 86.7 Å². The summed E-state index contributed by atoms with van der Waals surface area (Å²) in [5.41, 5.74) is 2.21. The van der Waals surface area contributed by atoms with Crippen molar-refractivity contribution < 1.29 is 31.1 Å². The number of amides is 1. The van der Waals surface area contributed by atoms with E-state index in [-0.39, 0.29) is 16.3 Å². The van der Waals surface area contributed by atoms with Gasteiger partial charge in [0, 0.05) is 29.1 Å². The van der Waals surface area contributed by atoms with Crippen molar-refractivity contribution in [1.82, 2.24) is 19.7 Å². The van der Waals surface area contributed by atoms with Gasteiger partial charge in [0.1, 0.15) is 5.15 Å². The summed E-state index contributed by atoms with van der Waals surface area (Å²) in [4.78, 5) is 20.1. The van der Waals surface area contributed by atoms with E-state index in [0.29, 0.717) is 0 Å². The Morgan fingerprint density at radius 2 is 1.43 bits per heavy atom. The number of primary amides is 1. The summed E-state index contributed by atoms with van der Waals surface area (Å²) in [7, 11) is 0. The number of pyridine rings is 1. The Morgan fingerprint density at radius 3 is 1.97 bits per heavy atom. The highest BCUT2D eigenvalue weighted by Gasteiger charge is 2.37. The van der Waals surface area contributed by atoms with Crippen LogP contribution in [0.15, 0.2) is 66.9 Å². The molecule has 0 aliphatic carbocycles. The molecule has 0 aliphatic rings. The van der Waals surface area contributed by atoms with Gasteiger partial charge in [-0.25, -0.2) is 14.6 Å². The van der Waals surface area contributed by atoms with E-state index in [1.165, 1.54) is 30.5 Å². The number of carbonyl (C=O) groups excluding carboxylic acids is 1. The van der Waals surface area contributed by atoms with Crippen LogP contribution in [-0.2, 0) is 17.1 Å². The Balaban J connectivity index is 2.02. The zero-order valence-corrected chi connectivity index (χ0v) is 19.1. The minimum atomic E-state index is -4.83. The molecule has 0 aliphatic heterocycles. The van der Waals surface area contributed by atoms with Gasteiger partial charge < -0.3 is 5.73 Å². The molecule has 0 unspecified atom stereocenters. The van der Waals surface area contributed by atoms with Crippen LogP contribution < -0.4 is 5.73 Å². The van der Waals surface area contributed by atoms with Crippen LogP contribution in [0.2, 0.25) is 5.15 Å². The van der Waals surface area contributed by atoms with Gasteiger partial charge in [-0.3, -0.25) is 4.79 Å². The van der Waals surface area contributed by atoms with E-state index < -0.39 is 52.2 Å².